The minimum Gasteiger partial charge on any atom is -0.497 e. The van der Waals surface area contributed by atoms with Crippen molar-refractivity contribution in [3.8, 4) is 5.75 Å². The highest BCUT2D eigenvalue weighted by Gasteiger charge is 2.08. The molecule has 0 spiro atoms. The van der Waals surface area contributed by atoms with Crippen LogP contribution in [-0.4, -0.2) is 27.6 Å². The van der Waals surface area contributed by atoms with Gasteiger partial charge in [-0.25, -0.2) is 4.98 Å². The number of nitrogens with zero attached hydrogens (tertiary/aromatic N) is 2. The molecule has 6 heteroatoms. The number of pyridine rings is 1. The van der Waals surface area contributed by atoms with Crippen LogP contribution in [0.1, 0.15) is 5.56 Å². The number of ether oxygens (including phenoxy) is 1. The Balaban J connectivity index is 2.30. The third kappa shape index (κ3) is 2.31. The first kappa shape index (κ1) is 13.1. The van der Waals surface area contributed by atoms with Crippen molar-refractivity contribution in [2.45, 2.75) is 6.42 Å². The second kappa shape index (κ2) is 4.90. The molecule has 0 aliphatic rings. The molecular formula is C15H12N2O4. The van der Waals surface area contributed by atoms with Crippen LogP contribution in [-0.2, 0) is 11.2 Å². The Hall–Kier alpha value is -2.89. The lowest BCUT2D eigenvalue weighted by molar-refractivity contribution is -0.136. The van der Waals surface area contributed by atoms with Crippen LogP contribution in [0, 0.1) is 0 Å². The van der Waals surface area contributed by atoms with Crippen molar-refractivity contribution in [1.82, 2.24) is 9.38 Å². The first-order chi connectivity index (χ1) is 10.1. The van der Waals surface area contributed by atoms with E-state index in [2.05, 4.69) is 4.98 Å². The lowest BCUT2D eigenvalue weighted by Gasteiger charge is -2.06. The molecule has 0 radical (unpaired) electrons. The first-order valence-electron chi connectivity index (χ1n) is 6.29. The van der Waals surface area contributed by atoms with Gasteiger partial charge in [-0.3, -0.25) is 14.0 Å². The quantitative estimate of drug-likeness (QED) is 0.737. The number of aliphatic carboxylic acids is 1. The van der Waals surface area contributed by atoms with E-state index in [-0.39, 0.29) is 12.0 Å². The van der Waals surface area contributed by atoms with Gasteiger partial charge in [-0.1, -0.05) is 6.07 Å². The van der Waals surface area contributed by atoms with Gasteiger partial charge >= 0.3 is 5.97 Å². The van der Waals surface area contributed by atoms with Crippen LogP contribution in [0.5, 0.6) is 5.75 Å². The average molecular weight is 284 g/mol. The molecule has 21 heavy (non-hydrogen) atoms. The molecule has 0 atom stereocenters. The topological polar surface area (TPSA) is 80.9 Å². The number of hydrogen-bond acceptors (Lipinski definition) is 4. The van der Waals surface area contributed by atoms with Crippen LogP contribution in [0.25, 0.3) is 16.6 Å². The Morgan fingerprint density at radius 3 is 2.86 bits per heavy atom. The first-order valence-corrected chi connectivity index (χ1v) is 6.29. The molecule has 0 bridgehead atoms. The molecule has 2 aromatic heterocycles. The summed E-state index contributed by atoms with van der Waals surface area (Å²) in [7, 11) is 1.53. The fraction of sp³-hybridized carbons (Fsp3) is 0.133. The van der Waals surface area contributed by atoms with Crippen molar-refractivity contribution in [2.75, 3.05) is 7.11 Å². The highest BCUT2D eigenvalue weighted by Crippen LogP contribution is 2.17. The number of benzene rings is 1. The second-order valence-electron chi connectivity index (χ2n) is 4.64. The lowest BCUT2D eigenvalue weighted by atomic mass is 10.2. The molecule has 3 aromatic rings. The van der Waals surface area contributed by atoms with Gasteiger partial charge in [0.1, 0.15) is 11.4 Å². The molecular weight excluding hydrogens is 272 g/mol. The number of hydrogen-bond donors (Lipinski definition) is 1. The molecule has 0 saturated heterocycles. The number of carboxylic acids is 1. The standard InChI is InChI=1S/C15H12N2O4/c1-21-10-3-4-12-11(7-10)15(20)17-8-9(6-14(18)19)2-5-13(17)16-12/h2-5,7-8H,6H2,1H3,(H,18,19). The summed E-state index contributed by atoms with van der Waals surface area (Å²) in [5.41, 5.74) is 1.35. The highest BCUT2D eigenvalue weighted by atomic mass is 16.5. The van der Waals surface area contributed by atoms with Crippen LogP contribution < -0.4 is 10.3 Å². The summed E-state index contributed by atoms with van der Waals surface area (Å²) in [4.78, 5) is 27.7. The molecule has 1 N–H and O–H groups in total. The number of aromatic nitrogens is 2. The van der Waals surface area contributed by atoms with Crippen molar-refractivity contribution in [2.24, 2.45) is 0 Å². The van der Waals surface area contributed by atoms with Crippen molar-refractivity contribution < 1.29 is 14.6 Å². The summed E-state index contributed by atoms with van der Waals surface area (Å²) in [5, 5.41) is 9.26. The Kier molecular flexibility index (Phi) is 3.06. The Morgan fingerprint density at radius 2 is 2.14 bits per heavy atom. The molecule has 3 rings (SSSR count). The third-order valence-electron chi connectivity index (χ3n) is 3.23. The minimum atomic E-state index is -0.946. The van der Waals surface area contributed by atoms with E-state index in [4.69, 9.17) is 9.84 Å². The van der Waals surface area contributed by atoms with Crippen LogP contribution >= 0.6 is 0 Å². The molecule has 2 heterocycles. The molecule has 1 aromatic carbocycles. The number of carboxylic acid groups (broad SMARTS) is 1. The number of methoxy groups -OCH3 is 1. The van der Waals surface area contributed by atoms with E-state index >= 15 is 0 Å². The molecule has 0 amide bonds. The highest BCUT2D eigenvalue weighted by molar-refractivity contribution is 5.81. The summed E-state index contributed by atoms with van der Waals surface area (Å²) in [5.74, 6) is -0.374. The SMILES string of the molecule is COc1ccc2nc3ccc(CC(=O)O)cn3c(=O)c2c1. The fourth-order valence-electron chi connectivity index (χ4n) is 2.23. The monoisotopic (exact) mass is 284 g/mol. The van der Waals surface area contributed by atoms with E-state index in [1.54, 1.807) is 30.3 Å². The molecule has 0 unspecified atom stereocenters. The fourth-order valence-corrected chi connectivity index (χ4v) is 2.23. The second-order valence-corrected chi connectivity index (χ2v) is 4.64. The largest absolute Gasteiger partial charge is 0.497 e. The smallest absolute Gasteiger partial charge is 0.307 e. The molecule has 0 aliphatic heterocycles. The van der Waals surface area contributed by atoms with Gasteiger partial charge in [-0.15, -0.1) is 0 Å². The van der Waals surface area contributed by atoms with Gasteiger partial charge < -0.3 is 9.84 Å². The normalized spacial score (nSPS) is 10.9. The van der Waals surface area contributed by atoms with E-state index < -0.39 is 5.97 Å². The van der Waals surface area contributed by atoms with Gasteiger partial charge in [0.2, 0.25) is 0 Å². The van der Waals surface area contributed by atoms with Crippen molar-refractivity contribution >= 4 is 22.5 Å². The predicted octanol–water partition coefficient (Wildman–Crippen LogP) is 1.48. The Labute approximate surface area is 119 Å². The Morgan fingerprint density at radius 1 is 1.33 bits per heavy atom. The van der Waals surface area contributed by atoms with Gasteiger partial charge in [0.15, 0.2) is 0 Å². The van der Waals surface area contributed by atoms with Crippen LogP contribution in [0.15, 0.2) is 41.3 Å². The zero-order chi connectivity index (χ0) is 15.0. The van der Waals surface area contributed by atoms with E-state index in [1.807, 2.05) is 0 Å². The van der Waals surface area contributed by atoms with Crippen molar-refractivity contribution in [1.29, 1.82) is 0 Å². The van der Waals surface area contributed by atoms with E-state index in [9.17, 15) is 9.59 Å². The Bertz CT molecular complexity index is 915. The lowest BCUT2D eigenvalue weighted by Crippen LogP contribution is -2.16. The maximum Gasteiger partial charge on any atom is 0.307 e. The summed E-state index contributed by atoms with van der Waals surface area (Å²) < 4.78 is 6.47. The van der Waals surface area contributed by atoms with Gasteiger partial charge in [0.25, 0.3) is 5.56 Å². The predicted molar refractivity (Wildman–Crippen MR) is 76.9 cm³/mol. The number of fused-ring (bicyclic) bond motifs is 2. The third-order valence-corrected chi connectivity index (χ3v) is 3.23. The zero-order valence-electron chi connectivity index (χ0n) is 11.2. The van der Waals surface area contributed by atoms with Gasteiger partial charge in [-0.05, 0) is 29.8 Å². The van der Waals surface area contributed by atoms with Crippen molar-refractivity contribution in [3.63, 3.8) is 0 Å². The zero-order valence-corrected chi connectivity index (χ0v) is 11.2. The maximum absolute atomic E-state index is 12.5. The van der Waals surface area contributed by atoms with E-state index in [0.29, 0.717) is 27.9 Å². The van der Waals surface area contributed by atoms with E-state index in [0.717, 1.165) is 0 Å². The van der Waals surface area contributed by atoms with Crippen LogP contribution in [0.2, 0.25) is 0 Å². The van der Waals surface area contributed by atoms with Gasteiger partial charge in [-0.2, -0.15) is 0 Å². The molecule has 106 valence electrons. The molecule has 0 fully saturated rings. The van der Waals surface area contributed by atoms with Gasteiger partial charge in [0.05, 0.1) is 24.4 Å². The summed E-state index contributed by atoms with van der Waals surface area (Å²) in [6.45, 7) is 0. The molecule has 6 nitrogen and oxygen atoms in total. The van der Waals surface area contributed by atoms with E-state index in [1.165, 1.54) is 17.7 Å². The van der Waals surface area contributed by atoms with Gasteiger partial charge in [0, 0.05) is 6.20 Å². The molecule has 0 aliphatic carbocycles. The van der Waals surface area contributed by atoms with Crippen LogP contribution in [0.3, 0.4) is 0 Å². The maximum atomic E-state index is 12.5. The van der Waals surface area contributed by atoms with Crippen molar-refractivity contribution in [3.05, 3.63) is 52.4 Å². The summed E-state index contributed by atoms with van der Waals surface area (Å²) in [6, 6.07) is 8.39. The van der Waals surface area contributed by atoms with Crippen LogP contribution in [0.4, 0.5) is 0 Å². The number of carbonyl (C=O) groups is 1. The number of rotatable bonds is 3. The summed E-state index contributed by atoms with van der Waals surface area (Å²) >= 11 is 0. The summed E-state index contributed by atoms with van der Waals surface area (Å²) in [6.07, 6.45) is 1.37. The molecule has 0 saturated carbocycles. The average Bonchev–Trinajstić information content (AvgIpc) is 2.47. The minimum absolute atomic E-state index is 0.140.